The van der Waals surface area contributed by atoms with E-state index in [0.717, 1.165) is 15.4 Å². The molecule has 0 spiro atoms. The standard InChI is InChI=1S/C23H19N3O2S2/c1-14-7-6-8-15(11-14)29-22-20(27-2)16(12-24)17(13-25)21(28-3)23(22)30-19-10-5-4-9-18(19)26/h4-11H,26H2,1-3H3. The molecule has 0 fully saturated rings. The normalized spacial score (nSPS) is 10.2. The van der Waals surface area contributed by atoms with Gasteiger partial charge in [-0.25, -0.2) is 0 Å². The van der Waals surface area contributed by atoms with Crippen molar-refractivity contribution in [3.63, 3.8) is 0 Å². The second-order valence-corrected chi connectivity index (χ2v) is 8.39. The van der Waals surface area contributed by atoms with Crippen molar-refractivity contribution in [2.24, 2.45) is 0 Å². The van der Waals surface area contributed by atoms with E-state index in [-0.39, 0.29) is 11.1 Å². The number of rotatable bonds is 6. The molecule has 3 rings (SSSR count). The van der Waals surface area contributed by atoms with Crippen molar-refractivity contribution in [3.8, 4) is 23.6 Å². The third kappa shape index (κ3) is 4.18. The molecule has 3 aromatic rings. The van der Waals surface area contributed by atoms with E-state index in [9.17, 15) is 10.5 Å². The monoisotopic (exact) mass is 433 g/mol. The fourth-order valence-corrected chi connectivity index (χ4v) is 5.29. The van der Waals surface area contributed by atoms with Gasteiger partial charge in [0.1, 0.15) is 23.3 Å². The van der Waals surface area contributed by atoms with Crippen molar-refractivity contribution >= 4 is 29.2 Å². The Morgan fingerprint density at radius 2 is 1.43 bits per heavy atom. The number of nitrogen functional groups attached to an aromatic ring is 1. The fraction of sp³-hybridized carbons (Fsp3) is 0.130. The second-order valence-electron chi connectivity index (χ2n) is 6.26. The highest BCUT2D eigenvalue weighted by molar-refractivity contribution is 8.02. The maximum absolute atomic E-state index is 9.77. The van der Waals surface area contributed by atoms with Gasteiger partial charge in [0.05, 0.1) is 24.0 Å². The van der Waals surface area contributed by atoms with Crippen molar-refractivity contribution in [1.82, 2.24) is 0 Å². The summed E-state index contributed by atoms with van der Waals surface area (Å²) in [5, 5.41) is 19.5. The van der Waals surface area contributed by atoms with E-state index in [0.29, 0.717) is 27.0 Å². The van der Waals surface area contributed by atoms with Crippen LogP contribution in [-0.4, -0.2) is 14.2 Å². The minimum atomic E-state index is 0.141. The number of aryl methyl sites for hydroxylation is 1. The summed E-state index contributed by atoms with van der Waals surface area (Å²) in [5.74, 6) is 0.677. The van der Waals surface area contributed by atoms with Crippen molar-refractivity contribution in [2.75, 3.05) is 20.0 Å². The van der Waals surface area contributed by atoms with Crippen LogP contribution in [0.4, 0.5) is 5.69 Å². The Hall–Kier alpha value is -3.26. The van der Waals surface area contributed by atoms with E-state index >= 15 is 0 Å². The average molecular weight is 434 g/mol. The van der Waals surface area contributed by atoms with Crippen molar-refractivity contribution < 1.29 is 9.47 Å². The topological polar surface area (TPSA) is 92.1 Å². The van der Waals surface area contributed by atoms with Gasteiger partial charge in [0, 0.05) is 15.5 Å². The third-order valence-corrected chi connectivity index (χ3v) is 6.69. The molecule has 0 bridgehead atoms. The fourth-order valence-electron chi connectivity index (χ4n) is 2.93. The summed E-state index contributed by atoms with van der Waals surface area (Å²) >= 11 is 2.84. The van der Waals surface area contributed by atoms with Gasteiger partial charge in [-0.15, -0.1) is 0 Å². The maximum atomic E-state index is 9.77. The Balaban J connectivity index is 2.32. The molecular formula is C23H19N3O2S2. The van der Waals surface area contributed by atoms with E-state index in [1.54, 1.807) is 0 Å². The van der Waals surface area contributed by atoms with E-state index in [4.69, 9.17) is 15.2 Å². The summed E-state index contributed by atoms with van der Waals surface area (Å²) in [7, 11) is 2.98. The molecule has 150 valence electrons. The first-order valence-corrected chi connectivity index (χ1v) is 10.6. The summed E-state index contributed by atoms with van der Waals surface area (Å²) in [6.45, 7) is 2.02. The molecule has 0 aliphatic carbocycles. The lowest BCUT2D eigenvalue weighted by Crippen LogP contribution is -2.02. The van der Waals surface area contributed by atoms with Crippen LogP contribution in [0.25, 0.3) is 0 Å². The summed E-state index contributed by atoms with van der Waals surface area (Å²) < 4.78 is 11.2. The molecule has 2 N–H and O–H groups in total. The van der Waals surface area contributed by atoms with Crippen molar-refractivity contribution in [1.29, 1.82) is 10.5 Å². The number of ether oxygens (including phenoxy) is 2. The van der Waals surface area contributed by atoms with Gasteiger partial charge in [-0.3, -0.25) is 0 Å². The zero-order valence-electron chi connectivity index (χ0n) is 16.7. The second kappa shape index (κ2) is 9.49. The highest BCUT2D eigenvalue weighted by Gasteiger charge is 2.27. The van der Waals surface area contributed by atoms with Crippen molar-refractivity contribution in [3.05, 3.63) is 65.2 Å². The number of nitrogens with two attached hydrogens (primary N) is 1. The Labute approximate surface area is 184 Å². The van der Waals surface area contributed by atoms with Crippen LogP contribution < -0.4 is 15.2 Å². The SMILES string of the molecule is COc1c(C#N)c(C#N)c(OC)c(Sc2ccccc2N)c1Sc1cccc(C)c1. The Kier molecular flexibility index (Phi) is 6.79. The molecule has 30 heavy (non-hydrogen) atoms. The van der Waals surface area contributed by atoms with Gasteiger partial charge < -0.3 is 15.2 Å². The van der Waals surface area contributed by atoms with Crippen LogP contribution in [0.15, 0.2) is 68.1 Å². The van der Waals surface area contributed by atoms with E-state index in [1.807, 2.05) is 55.5 Å². The lowest BCUT2D eigenvalue weighted by Gasteiger charge is -2.20. The Morgan fingerprint density at radius 3 is 1.97 bits per heavy atom. The number of hydrogen-bond acceptors (Lipinski definition) is 7. The van der Waals surface area contributed by atoms with Crippen LogP contribution >= 0.6 is 23.5 Å². The number of para-hydroxylation sites is 1. The highest BCUT2D eigenvalue weighted by Crippen LogP contribution is 2.52. The molecule has 7 heteroatoms. The number of nitriles is 2. The Bertz CT molecular complexity index is 1180. The summed E-state index contributed by atoms with van der Waals surface area (Å²) in [4.78, 5) is 3.17. The predicted octanol–water partition coefficient (Wildman–Crippen LogP) is 5.64. The molecule has 0 saturated carbocycles. The molecule has 0 atom stereocenters. The van der Waals surface area contributed by atoms with Gasteiger partial charge in [-0.05, 0) is 31.2 Å². The molecule has 3 aromatic carbocycles. The maximum Gasteiger partial charge on any atom is 0.153 e. The number of anilines is 1. The predicted molar refractivity (Wildman–Crippen MR) is 119 cm³/mol. The lowest BCUT2D eigenvalue weighted by molar-refractivity contribution is 0.382. The average Bonchev–Trinajstić information content (AvgIpc) is 2.75. The molecule has 0 saturated heterocycles. The number of hydrogen-bond donors (Lipinski definition) is 1. The highest BCUT2D eigenvalue weighted by atomic mass is 32.2. The van der Waals surface area contributed by atoms with Crippen LogP contribution in [0.1, 0.15) is 16.7 Å². The van der Waals surface area contributed by atoms with Crippen LogP contribution in [0.2, 0.25) is 0 Å². The van der Waals surface area contributed by atoms with Crippen molar-refractivity contribution in [2.45, 2.75) is 26.5 Å². The van der Waals surface area contributed by atoms with Gasteiger partial charge in [0.25, 0.3) is 0 Å². The summed E-state index contributed by atoms with van der Waals surface area (Å²) in [6.07, 6.45) is 0. The molecule has 0 radical (unpaired) electrons. The van der Waals surface area contributed by atoms with Gasteiger partial charge in [0.2, 0.25) is 0 Å². The number of benzene rings is 3. The van der Waals surface area contributed by atoms with E-state index < -0.39 is 0 Å². The zero-order valence-corrected chi connectivity index (χ0v) is 18.4. The van der Waals surface area contributed by atoms with E-state index in [2.05, 4.69) is 12.1 Å². The number of nitrogens with zero attached hydrogens (tertiary/aromatic N) is 2. The minimum Gasteiger partial charge on any atom is -0.494 e. The molecule has 0 aliphatic rings. The minimum absolute atomic E-state index is 0.141. The first-order chi connectivity index (χ1) is 14.5. The summed E-state index contributed by atoms with van der Waals surface area (Å²) in [6, 6.07) is 19.7. The Morgan fingerprint density at radius 1 is 0.833 bits per heavy atom. The smallest absolute Gasteiger partial charge is 0.153 e. The van der Waals surface area contributed by atoms with Crippen LogP contribution in [-0.2, 0) is 0 Å². The molecule has 0 unspecified atom stereocenters. The zero-order chi connectivity index (χ0) is 21.7. The molecule has 5 nitrogen and oxygen atoms in total. The quantitative estimate of drug-likeness (QED) is 0.503. The number of methoxy groups -OCH3 is 2. The van der Waals surface area contributed by atoms with E-state index in [1.165, 1.54) is 37.7 Å². The third-order valence-electron chi connectivity index (χ3n) is 4.30. The molecule has 0 amide bonds. The van der Waals surface area contributed by atoms with Crippen LogP contribution in [0.3, 0.4) is 0 Å². The first kappa shape index (κ1) is 21.4. The first-order valence-electron chi connectivity index (χ1n) is 8.93. The molecule has 0 heterocycles. The molecular weight excluding hydrogens is 414 g/mol. The van der Waals surface area contributed by atoms with Gasteiger partial charge in [0.15, 0.2) is 11.5 Å². The lowest BCUT2D eigenvalue weighted by atomic mass is 10.1. The van der Waals surface area contributed by atoms with Gasteiger partial charge >= 0.3 is 0 Å². The largest absolute Gasteiger partial charge is 0.494 e. The molecule has 0 aliphatic heterocycles. The van der Waals surface area contributed by atoms with Gasteiger partial charge in [-0.1, -0.05) is 53.4 Å². The van der Waals surface area contributed by atoms with Gasteiger partial charge in [-0.2, -0.15) is 10.5 Å². The summed E-state index contributed by atoms with van der Waals surface area (Å²) in [5.41, 5.74) is 8.18. The van der Waals surface area contributed by atoms with Crippen LogP contribution in [0.5, 0.6) is 11.5 Å². The molecule has 0 aromatic heterocycles. The van der Waals surface area contributed by atoms with Crippen LogP contribution in [0, 0.1) is 29.6 Å².